The maximum Gasteiger partial charge on any atom is 0.0294 e. The van der Waals surface area contributed by atoms with Crippen molar-refractivity contribution in [3.05, 3.63) is 24.5 Å². The molecule has 42 valence electrons. The fourth-order valence-corrected chi connectivity index (χ4v) is 0.528. The van der Waals surface area contributed by atoms with Crippen molar-refractivity contribution in [1.82, 2.24) is 4.98 Å². The Labute approximate surface area is 47.5 Å². The van der Waals surface area contributed by atoms with E-state index in [0.717, 1.165) is 0 Å². The van der Waals surface area contributed by atoms with Crippen molar-refractivity contribution in [3.63, 3.8) is 0 Å². The molecule has 1 aromatic heterocycles. The van der Waals surface area contributed by atoms with Crippen LogP contribution < -0.4 is 5.11 Å². The van der Waals surface area contributed by atoms with E-state index >= 15 is 0 Å². The molecule has 0 spiro atoms. The third-order valence-corrected chi connectivity index (χ3v) is 0.943. The van der Waals surface area contributed by atoms with Gasteiger partial charge in [-0.15, -0.1) is 0 Å². The van der Waals surface area contributed by atoms with Crippen LogP contribution in [-0.2, 0) is 0 Å². The standard InChI is InChI=1S/C6H7NO/c1-2-5-6(8)3-4-7-5/h2-4,7-8H,1H2/p-1. The van der Waals surface area contributed by atoms with Crippen LogP contribution in [0.15, 0.2) is 18.8 Å². The summed E-state index contributed by atoms with van der Waals surface area (Å²) in [6.07, 6.45) is 3.10. The van der Waals surface area contributed by atoms with Crippen LogP contribution >= 0.6 is 0 Å². The second-order valence-corrected chi connectivity index (χ2v) is 1.46. The quantitative estimate of drug-likeness (QED) is 0.566. The molecule has 0 radical (unpaired) electrons. The van der Waals surface area contributed by atoms with Gasteiger partial charge in [-0.3, -0.25) is 0 Å². The number of hydrogen-bond donors (Lipinski definition) is 1. The molecule has 1 N–H and O–H groups in total. The van der Waals surface area contributed by atoms with E-state index in [1.807, 2.05) is 0 Å². The zero-order chi connectivity index (χ0) is 5.98. The number of aromatic nitrogens is 1. The molecule has 2 heteroatoms. The van der Waals surface area contributed by atoms with Gasteiger partial charge in [0.25, 0.3) is 0 Å². The maximum atomic E-state index is 10.5. The summed E-state index contributed by atoms with van der Waals surface area (Å²) >= 11 is 0. The molecule has 0 bridgehead atoms. The fraction of sp³-hybridized carbons (Fsp3) is 0. The van der Waals surface area contributed by atoms with Crippen molar-refractivity contribution < 1.29 is 5.11 Å². The number of nitrogens with one attached hydrogen (secondary N) is 1. The summed E-state index contributed by atoms with van der Waals surface area (Å²) < 4.78 is 0. The summed E-state index contributed by atoms with van der Waals surface area (Å²) in [5.74, 6) is 0.000000000000000222. The number of hydrogen-bond acceptors (Lipinski definition) is 1. The molecule has 1 rings (SSSR count). The number of rotatable bonds is 1. The van der Waals surface area contributed by atoms with Gasteiger partial charge in [-0.05, 0) is 6.08 Å². The van der Waals surface area contributed by atoms with E-state index in [4.69, 9.17) is 0 Å². The lowest BCUT2D eigenvalue weighted by Crippen LogP contribution is -1.87. The van der Waals surface area contributed by atoms with E-state index < -0.39 is 0 Å². The highest BCUT2D eigenvalue weighted by molar-refractivity contribution is 5.49. The second kappa shape index (κ2) is 1.74. The van der Waals surface area contributed by atoms with Crippen molar-refractivity contribution in [2.75, 3.05) is 0 Å². The minimum atomic E-state index is 0.000000000000000222. The molecule has 0 fully saturated rings. The Balaban J connectivity index is 3.09. The van der Waals surface area contributed by atoms with Gasteiger partial charge in [0.05, 0.1) is 0 Å². The van der Waals surface area contributed by atoms with Gasteiger partial charge in [0.2, 0.25) is 0 Å². The molecule has 0 aliphatic carbocycles. The van der Waals surface area contributed by atoms with Crippen LogP contribution in [0, 0.1) is 0 Å². The second-order valence-electron chi connectivity index (χ2n) is 1.46. The molecule has 2 nitrogen and oxygen atoms in total. The number of H-pyrrole nitrogens is 1. The van der Waals surface area contributed by atoms with Crippen LogP contribution in [0.5, 0.6) is 5.75 Å². The summed E-state index contributed by atoms with van der Waals surface area (Å²) in [7, 11) is 0. The summed E-state index contributed by atoms with van der Waals surface area (Å²) in [5, 5.41) is 10.5. The first kappa shape index (κ1) is 4.97. The van der Waals surface area contributed by atoms with E-state index in [1.54, 1.807) is 6.20 Å². The van der Waals surface area contributed by atoms with Gasteiger partial charge in [-0.25, -0.2) is 0 Å². The molecule has 1 heterocycles. The molecule has 0 aliphatic rings. The molecule has 8 heavy (non-hydrogen) atoms. The Morgan fingerprint density at radius 2 is 2.50 bits per heavy atom. The highest BCUT2D eigenvalue weighted by Gasteiger charge is 1.82. The predicted molar refractivity (Wildman–Crippen MR) is 30.3 cm³/mol. The third kappa shape index (κ3) is 0.601. The SMILES string of the molecule is C=Cc1[nH]ccc1[O-]. The van der Waals surface area contributed by atoms with Crippen molar-refractivity contribution >= 4 is 6.08 Å². The summed E-state index contributed by atoms with van der Waals surface area (Å²) in [5.41, 5.74) is 0.560. The van der Waals surface area contributed by atoms with E-state index in [2.05, 4.69) is 11.6 Å². The topological polar surface area (TPSA) is 38.8 Å². The monoisotopic (exact) mass is 108 g/mol. The van der Waals surface area contributed by atoms with Crippen LogP contribution in [0.3, 0.4) is 0 Å². The first-order chi connectivity index (χ1) is 3.84. The van der Waals surface area contributed by atoms with Gasteiger partial charge < -0.3 is 10.1 Å². The molecule has 0 amide bonds. The fourth-order valence-electron chi connectivity index (χ4n) is 0.528. The number of aromatic amines is 1. The molecule has 0 aromatic carbocycles. The van der Waals surface area contributed by atoms with Crippen molar-refractivity contribution in [1.29, 1.82) is 0 Å². The van der Waals surface area contributed by atoms with Crippen molar-refractivity contribution in [3.8, 4) is 5.75 Å². The minimum absolute atomic E-state index is 0.000000000000000222. The van der Waals surface area contributed by atoms with Gasteiger partial charge in [-0.2, -0.15) is 0 Å². The summed E-state index contributed by atoms with van der Waals surface area (Å²) in [4.78, 5) is 2.72. The predicted octanol–water partition coefficient (Wildman–Crippen LogP) is 0.731. The largest absolute Gasteiger partial charge is 0.871 e. The van der Waals surface area contributed by atoms with Crippen LogP contribution in [0.1, 0.15) is 5.69 Å². The van der Waals surface area contributed by atoms with Gasteiger partial charge in [-0.1, -0.05) is 18.4 Å². The summed E-state index contributed by atoms with van der Waals surface area (Å²) in [6, 6.07) is 1.47. The third-order valence-electron chi connectivity index (χ3n) is 0.943. The van der Waals surface area contributed by atoms with Crippen molar-refractivity contribution in [2.45, 2.75) is 0 Å². The van der Waals surface area contributed by atoms with Crippen LogP contribution in [0.4, 0.5) is 0 Å². The average Bonchev–Trinajstić information content (AvgIpc) is 2.14. The highest BCUT2D eigenvalue weighted by Crippen LogP contribution is 2.09. The van der Waals surface area contributed by atoms with E-state index in [0.29, 0.717) is 5.69 Å². The van der Waals surface area contributed by atoms with Gasteiger partial charge in [0.15, 0.2) is 0 Å². The smallest absolute Gasteiger partial charge is 0.0294 e. The zero-order valence-electron chi connectivity index (χ0n) is 4.35. The molecule has 0 saturated heterocycles. The van der Waals surface area contributed by atoms with E-state index in [9.17, 15) is 5.11 Å². The average molecular weight is 108 g/mol. The molecule has 1 aromatic rings. The van der Waals surface area contributed by atoms with Crippen LogP contribution in [0.2, 0.25) is 0 Å². The molecule has 0 atom stereocenters. The zero-order valence-corrected chi connectivity index (χ0v) is 4.35. The van der Waals surface area contributed by atoms with Gasteiger partial charge in [0.1, 0.15) is 0 Å². The first-order valence-corrected chi connectivity index (χ1v) is 2.31. The van der Waals surface area contributed by atoms with E-state index in [-0.39, 0.29) is 5.75 Å². The Morgan fingerprint density at radius 3 is 2.75 bits per heavy atom. The van der Waals surface area contributed by atoms with Crippen LogP contribution in [0.25, 0.3) is 6.08 Å². The lowest BCUT2D eigenvalue weighted by atomic mass is 10.4. The Morgan fingerprint density at radius 1 is 1.75 bits per heavy atom. The molecular weight excluding hydrogens is 102 g/mol. The Bertz CT molecular complexity index is 190. The minimum Gasteiger partial charge on any atom is -0.871 e. The van der Waals surface area contributed by atoms with Crippen molar-refractivity contribution in [2.24, 2.45) is 0 Å². The molecular formula is C6H6NO-. The molecule has 0 unspecified atom stereocenters. The maximum absolute atomic E-state index is 10.5. The van der Waals surface area contributed by atoms with Gasteiger partial charge >= 0.3 is 0 Å². The van der Waals surface area contributed by atoms with Crippen LogP contribution in [-0.4, -0.2) is 4.98 Å². The van der Waals surface area contributed by atoms with E-state index in [1.165, 1.54) is 12.1 Å². The first-order valence-electron chi connectivity index (χ1n) is 2.31. The highest BCUT2D eigenvalue weighted by atomic mass is 16.3. The lowest BCUT2D eigenvalue weighted by molar-refractivity contribution is -0.268. The lowest BCUT2D eigenvalue weighted by Gasteiger charge is -1.99. The summed E-state index contributed by atoms with van der Waals surface area (Å²) in [6.45, 7) is 3.43. The molecule has 0 aliphatic heterocycles. The Hall–Kier alpha value is -1.18. The molecule has 0 saturated carbocycles. The Kier molecular flexibility index (Phi) is 1.08. The van der Waals surface area contributed by atoms with Gasteiger partial charge in [0, 0.05) is 11.9 Å². The normalized spacial score (nSPS) is 9.00.